The molecule has 37 heavy (non-hydrogen) atoms. The molecule has 2 saturated carbocycles. The second-order valence-corrected chi connectivity index (χ2v) is 11.4. The number of fused-ring (bicyclic) bond motifs is 3. The lowest BCUT2D eigenvalue weighted by atomic mass is 9.52. The molecular weight excluding hydrogens is 500 g/mol. The van der Waals surface area contributed by atoms with E-state index in [0.717, 1.165) is 24.8 Å². The predicted octanol–water partition coefficient (Wildman–Crippen LogP) is 1.21. The Hall–Kier alpha value is -2.62. The number of rotatable bonds is 7. The molecule has 3 aliphatic rings. The third-order valence-corrected chi connectivity index (χ3v) is 8.73. The van der Waals surface area contributed by atoms with Crippen LogP contribution in [0.2, 0.25) is 0 Å². The number of aromatic hydroxyl groups is 1. The molecule has 2 fully saturated rings. The molecule has 0 bridgehead atoms. The molecule has 0 heterocycles. The van der Waals surface area contributed by atoms with Crippen molar-refractivity contribution in [1.82, 2.24) is 4.90 Å². The summed E-state index contributed by atoms with van der Waals surface area (Å²) in [6.07, 6.45) is 3.48. The Balaban J connectivity index is 1.79. The number of aliphatic hydroxyl groups is 1. The first-order valence-corrected chi connectivity index (χ1v) is 13.1. The summed E-state index contributed by atoms with van der Waals surface area (Å²) < 4.78 is 0. The molecular formula is C27H33ClN2O7. The predicted molar refractivity (Wildman–Crippen MR) is 134 cm³/mol. The SMILES string of the molecule is CCCCC(Cl)Cc1ccc(O)c2c1C[C@H]1C[C@H]3[C@H](N(C)C)C(=O)C(C(N)=O)C(=O)[C@@]3(O)C(=O)C1C2=O. The quantitative estimate of drug-likeness (QED) is 0.349. The number of halogens is 1. The van der Waals surface area contributed by atoms with Gasteiger partial charge in [-0.3, -0.25) is 28.9 Å². The molecule has 0 spiro atoms. The van der Waals surface area contributed by atoms with Crippen molar-refractivity contribution < 1.29 is 34.2 Å². The van der Waals surface area contributed by atoms with Crippen LogP contribution in [0.3, 0.4) is 0 Å². The van der Waals surface area contributed by atoms with Gasteiger partial charge in [-0.05, 0) is 62.9 Å². The maximum absolute atomic E-state index is 13.8. The Morgan fingerprint density at radius 2 is 1.89 bits per heavy atom. The number of phenols is 1. The van der Waals surface area contributed by atoms with Crippen molar-refractivity contribution >= 4 is 40.6 Å². The van der Waals surface area contributed by atoms with E-state index < -0.39 is 64.4 Å². The van der Waals surface area contributed by atoms with E-state index in [1.54, 1.807) is 20.2 Å². The average molecular weight is 533 g/mol. The number of nitrogens with two attached hydrogens (primary N) is 1. The van der Waals surface area contributed by atoms with E-state index >= 15 is 0 Å². The van der Waals surface area contributed by atoms with Gasteiger partial charge in [0.25, 0.3) is 0 Å². The van der Waals surface area contributed by atoms with E-state index in [-0.39, 0.29) is 29.5 Å². The fourth-order valence-corrected chi connectivity index (χ4v) is 6.95. The maximum Gasteiger partial charge on any atom is 0.235 e. The summed E-state index contributed by atoms with van der Waals surface area (Å²) in [5.74, 6) is -10.4. The smallest absolute Gasteiger partial charge is 0.235 e. The highest BCUT2D eigenvalue weighted by molar-refractivity contribution is 6.32. The number of unbranched alkanes of at least 4 members (excludes halogenated alkanes) is 1. The summed E-state index contributed by atoms with van der Waals surface area (Å²) >= 11 is 6.56. The van der Waals surface area contributed by atoms with Gasteiger partial charge in [0.1, 0.15) is 5.75 Å². The minimum Gasteiger partial charge on any atom is -0.507 e. The van der Waals surface area contributed by atoms with Crippen LogP contribution in [0.15, 0.2) is 12.1 Å². The molecule has 0 aliphatic heterocycles. The second-order valence-electron chi connectivity index (χ2n) is 10.8. The van der Waals surface area contributed by atoms with Crippen LogP contribution >= 0.6 is 11.6 Å². The average Bonchev–Trinajstić information content (AvgIpc) is 2.81. The topological polar surface area (TPSA) is 155 Å². The fraction of sp³-hybridized carbons (Fsp3) is 0.593. The zero-order valence-corrected chi connectivity index (χ0v) is 22.0. The van der Waals surface area contributed by atoms with Crippen molar-refractivity contribution in [2.24, 2.45) is 29.4 Å². The molecule has 9 nitrogen and oxygen atoms in total. The highest BCUT2D eigenvalue weighted by Gasteiger charge is 2.69. The van der Waals surface area contributed by atoms with Crippen molar-refractivity contribution in [1.29, 1.82) is 0 Å². The van der Waals surface area contributed by atoms with Gasteiger partial charge in [0.15, 0.2) is 34.7 Å². The normalized spacial score (nSPS) is 32.1. The number of phenolic OH excluding ortho intramolecular Hbond substituents is 1. The van der Waals surface area contributed by atoms with Crippen molar-refractivity contribution in [3.05, 3.63) is 28.8 Å². The summed E-state index contributed by atoms with van der Waals surface area (Å²) in [5, 5.41) is 22.0. The Labute approximate surface area is 220 Å². The number of benzene rings is 1. The number of nitrogens with zero attached hydrogens (tertiary/aromatic N) is 1. The van der Waals surface area contributed by atoms with E-state index in [4.69, 9.17) is 17.3 Å². The molecule has 200 valence electrons. The summed E-state index contributed by atoms with van der Waals surface area (Å²) in [7, 11) is 3.11. The molecule has 4 rings (SSSR count). The van der Waals surface area contributed by atoms with Crippen LogP contribution in [0.5, 0.6) is 5.75 Å². The van der Waals surface area contributed by atoms with Crippen LogP contribution in [0, 0.1) is 23.7 Å². The summed E-state index contributed by atoms with van der Waals surface area (Å²) in [4.78, 5) is 67.5. The highest BCUT2D eigenvalue weighted by atomic mass is 35.5. The Bertz CT molecular complexity index is 1180. The number of likely N-dealkylation sites (N-methyl/N-ethyl adjacent to an activating group) is 1. The molecule has 3 unspecified atom stereocenters. The van der Waals surface area contributed by atoms with Gasteiger partial charge >= 0.3 is 0 Å². The molecule has 7 atom stereocenters. The first-order chi connectivity index (χ1) is 17.4. The number of amides is 1. The number of ketones is 4. The largest absolute Gasteiger partial charge is 0.507 e. The van der Waals surface area contributed by atoms with E-state index in [1.165, 1.54) is 11.0 Å². The van der Waals surface area contributed by atoms with E-state index in [2.05, 4.69) is 6.92 Å². The van der Waals surface area contributed by atoms with Crippen LogP contribution < -0.4 is 5.73 Å². The number of carbonyl (C=O) groups is 5. The molecule has 1 amide bonds. The molecule has 0 radical (unpaired) electrons. The Kier molecular flexibility index (Phi) is 7.35. The van der Waals surface area contributed by atoms with Gasteiger partial charge in [-0.1, -0.05) is 25.8 Å². The zero-order chi connectivity index (χ0) is 27.4. The number of Topliss-reactive ketones (excluding diaryl/α,β-unsaturated/α-hetero) is 4. The van der Waals surface area contributed by atoms with Gasteiger partial charge in [-0.25, -0.2) is 0 Å². The van der Waals surface area contributed by atoms with Crippen LogP contribution in [-0.2, 0) is 32.0 Å². The Morgan fingerprint density at radius 1 is 1.22 bits per heavy atom. The molecule has 0 saturated heterocycles. The zero-order valence-electron chi connectivity index (χ0n) is 21.2. The molecule has 4 N–H and O–H groups in total. The number of alkyl halides is 1. The Morgan fingerprint density at radius 3 is 2.49 bits per heavy atom. The van der Waals surface area contributed by atoms with Gasteiger partial charge in [-0.2, -0.15) is 0 Å². The maximum atomic E-state index is 13.8. The van der Waals surface area contributed by atoms with E-state index in [1.807, 2.05) is 0 Å². The van der Waals surface area contributed by atoms with Gasteiger partial charge < -0.3 is 15.9 Å². The van der Waals surface area contributed by atoms with Gasteiger partial charge in [-0.15, -0.1) is 11.6 Å². The van der Waals surface area contributed by atoms with Crippen molar-refractivity contribution in [2.45, 2.75) is 62.5 Å². The first kappa shape index (κ1) is 27.4. The lowest BCUT2D eigenvalue weighted by Gasteiger charge is -2.52. The number of primary amides is 1. The third kappa shape index (κ3) is 4.21. The lowest BCUT2D eigenvalue weighted by Crippen LogP contribution is -2.74. The number of hydrogen-bond acceptors (Lipinski definition) is 8. The number of carbonyl (C=O) groups excluding carboxylic acids is 5. The third-order valence-electron chi connectivity index (χ3n) is 8.35. The summed E-state index contributed by atoms with van der Waals surface area (Å²) in [6.45, 7) is 2.07. The van der Waals surface area contributed by atoms with Crippen LogP contribution in [0.1, 0.15) is 54.1 Å². The highest BCUT2D eigenvalue weighted by Crippen LogP contribution is 2.51. The van der Waals surface area contributed by atoms with Crippen molar-refractivity contribution in [3.8, 4) is 5.75 Å². The minimum absolute atomic E-state index is 0.00320. The fourth-order valence-electron chi connectivity index (χ4n) is 6.63. The first-order valence-electron chi connectivity index (χ1n) is 12.7. The van der Waals surface area contributed by atoms with E-state index in [9.17, 15) is 34.2 Å². The molecule has 10 heteroatoms. The standard InChI is InChI=1S/C27H33ClN2O7/c1-4-5-6-14(28)9-12-7-8-17(31)19-15(12)10-13-11-16-21(30(2)3)23(33)20(26(29)36)25(35)27(16,37)24(34)18(13)22(19)32/h7-8,13-14,16,18,20-21,31,37H,4-6,9-11H2,1-3H3,(H2,29,36)/t13-,14?,16-,18?,20?,21-,27-/m0/s1. The minimum atomic E-state index is -2.72. The lowest BCUT2D eigenvalue weighted by molar-refractivity contribution is -0.181. The van der Waals surface area contributed by atoms with E-state index in [0.29, 0.717) is 12.0 Å². The summed E-state index contributed by atoms with van der Waals surface area (Å²) in [5.41, 5.74) is 4.03. The second kappa shape index (κ2) is 9.93. The van der Waals surface area contributed by atoms with Crippen LogP contribution in [-0.4, -0.2) is 75.3 Å². The van der Waals surface area contributed by atoms with Gasteiger partial charge in [0.05, 0.1) is 17.5 Å². The van der Waals surface area contributed by atoms with Gasteiger partial charge in [0, 0.05) is 11.3 Å². The van der Waals surface area contributed by atoms with Crippen LogP contribution in [0.25, 0.3) is 0 Å². The van der Waals surface area contributed by atoms with Gasteiger partial charge in [0.2, 0.25) is 5.91 Å². The van der Waals surface area contributed by atoms with Crippen LogP contribution in [0.4, 0.5) is 0 Å². The molecule has 1 aromatic carbocycles. The molecule has 1 aromatic rings. The van der Waals surface area contributed by atoms with Crippen molar-refractivity contribution in [2.75, 3.05) is 14.1 Å². The summed E-state index contributed by atoms with van der Waals surface area (Å²) in [6, 6.07) is 2.01. The van der Waals surface area contributed by atoms with Crippen molar-refractivity contribution in [3.63, 3.8) is 0 Å². The molecule has 0 aromatic heterocycles. The monoisotopic (exact) mass is 532 g/mol. The number of hydrogen-bond donors (Lipinski definition) is 3. The molecule has 3 aliphatic carbocycles.